The van der Waals surface area contributed by atoms with Crippen molar-refractivity contribution in [2.45, 2.75) is 13.8 Å². The smallest absolute Gasteiger partial charge is 0.255 e. The summed E-state index contributed by atoms with van der Waals surface area (Å²) < 4.78 is 0. The van der Waals surface area contributed by atoms with Crippen LogP contribution in [0.2, 0.25) is 0 Å². The van der Waals surface area contributed by atoms with Crippen LogP contribution in [-0.2, 0) is 4.79 Å². The van der Waals surface area contributed by atoms with Gasteiger partial charge in [0.25, 0.3) is 5.91 Å². The molecule has 0 atom stereocenters. The van der Waals surface area contributed by atoms with E-state index in [2.05, 4.69) is 10.6 Å². The van der Waals surface area contributed by atoms with Gasteiger partial charge >= 0.3 is 0 Å². The lowest BCUT2D eigenvalue weighted by Crippen LogP contribution is -2.47. The average molecular weight is 323 g/mol. The Bertz CT molecular complexity index is 766. The topological polar surface area (TPSA) is 61.4 Å². The van der Waals surface area contributed by atoms with Crippen LogP contribution in [-0.4, -0.2) is 31.4 Å². The largest absolute Gasteiger partial charge is 0.359 e. The number of carbonyl (C=O) groups is 2. The maximum Gasteiger partial charge on any atom is 0.255 e. The zero-order valence-corrected chi connectivity index (χ0v) is 13.9. The summed E-state index contributed by atoms with van der Waals surface area (Å²) in [5, 5.41) is 5.79. The van der Waals surface area contributed by atoms with Crippen molar-refractivity contribution in [1.29, 1.82) is 0 Å². The molecule has 0 radical (unpaired) electrons. The maximum atomic E-state index is 12.6. The number of carbonyl (C=O) groups excluding carboxylic acids is 2. The molecule has 0 aliphatic carbocycles. The zero-order valence-electron chi connectivity index (χ0n) is 13.9. The van der Waals surface area contributed by atoms with E-state index in [1.54, 1.807) is 0 Å². The maximum absolute atomic E-state index is 12.6. The molecule has 5 nitrogen and oxygen atoms in total. The molecular weight excluding hydrogens is 302 g/mol. The van der Waals surface area contributed by atoms with Crippen LogP contribution in [0.25, 0.3) is 0 Å². The Morgan fingerprint density at radius 1 is 1.12 bits per heavy atom. The number of rotatable bonds is 3. The van der Waals surface area contributed by atoms with E-state index in [4.69, 9.17) is 0 Å². The third-order valence-electron chi connectivity index (χ3n) is 4.02. The van der Waals surface area contributed by atoms with Gasteiger partial charge in [-0.3, -0.25) is 9.59 Å². The Morgan fingerprint density at radius 3 is 2.54 bits per heavy atom. The van der Waals surface area contributed by atoms with E-state index >= 15 is 0 Å². The van der Waals surface area contributed by atoms with Gasteiger partial charge < -0.3 is 15.5 Å². The van der Waals surface area contributed by atoms with Gasteiger partial charge in [-0.25, -0.2) is 0 Å². The standard InChI is InChI=1S/C19H21N3O2/c1-13-9-14(2)11-15(10-13)19(24)21-16-5-3-4-6-17(16)22-8-7-20-18(23)12-22/h3-6,9-11H,7-8,12H2,1-2H3,(H,20,23)(H,21,24). The fourth-order valence-corrected chi connectivity index (χ4v) is 3.00. The fraction of sp³-hybridized carbons (Fsp3) is 0.263. The molecule has 24 heavy (non-hydrogen) atoms. The minimum absolute atomic E-state index is 0.00307. The van der Waals surface area contributed by atoms with Crippen LogP contribution in [0.1, 0.15) is 21.5 Å². The van der Waals surface area contributed by atoms with Gasteiger partial charge in [0.15, 0.2) is 0 Å². The number of para-hydroxylation sites is 2. The molecule has 0 saturated carbocycles. The molecule has 2 aromatic rings. The van der Waals surface area contributed by atoms with E-state index in [-0.39, 0.29) is 11.8 Å². The molecule has 1 aliphatic rings. The fourth-order valence-electron chi connectivity index (χ4n) is 3.00. The number of piperazine rings is 1. The van der Waals surface area contributed by atoms with Crippen LogP contribution >= 0.6 is 0 Å². The van der Waals surface area contributed by atoms with Gasteiger partial charge in [-0.15, -0.1) is 0 Å². The Morgan fingerprint density at radius 2 is 1.83 bits per heavy atom. The normalized spacial score (nSPS) is 14.2. The molecule has 2 aromatic carbocycles. The summed E-state index contributed by atoms with van der Waals surface area (Å²) in [5.74, 6) is -0.146. The number of benzene rings is 2. The third kappa shape index (κ3) is 3.56. The first kappa shape index (κ1) is 16.1. The third-order valence-corrected chi connectivity index (χ3v) is 4.02. The second-order valence-corrected chi connectivity index (χ2v) is 6.12. The number of hydrogen-bond donors (Lipinski definition) is 2. The van der Waals surface area contributed by atoms with Gasteiger partial charge in [0.1, 0.15) is 0 Å². The molecule has 0 aromatic heterocycles. The Balaban J connectivity index is 1.85. The molecule has 124 valence electrons. The summed E-state index contributed by atoms with van der Waals surface area (Å²) >= 11 is 0. The molecule has 1 fully saturated rings. The first-order valence-electron chi connectivity index (χ1n) is 8.03. The number of nitrogens with zero attached hydrogens (tertiary/aromatic N) is 1. The summed E-state index contributed by atoms with van der Waals surface area (Å²) in [7, 11) is 0. The Kier molecular flexibility index (Phi) is 4.51. The highest BCUT2D eigenvalue weighted by Gasteiger charge is 2.19. The van der Waals surface area contributed by atoms with Crippen LogP contribution in [0.15, 0.2) is 42.5 Å². The summed E-state index contributed by atoms with van der Waals surface area (Å²) in [6.45, 7) is 5.59. The van der Waals surface area contributed by atoms with E-state index in [0.29, 0.717) is 18.7 Å². The molecular formula is C19H21N3O2. The molecule has 2 N–H and O–H groups in total. The summed E-state index contributed by atoms with van der Waals surface area (Å²) in [4.78, 5) is 26.2. The SMILES string of the molecule is Cc1cc(C)cc(C(=O)Nc2ccccc2N2CCNC(=O)C2)c1. The molecule has 0 bridgehead atoms. The van der Waals surface area contributed by atoms with E-state index in [0.717, 1.165) is 29.0 Å². The van der Waals surface area contributed by atoms with Crippen molar-refractivity contribution in [2.24, 2.45) is 0 Å². The van der Waals surface area contributed by atoms with Crippen molar-refractivity contribution < 1.29 is 9.59 Å². The second-order valence-electron chi connectivity index (χ2n) is 6.12. The highest BCUT2D eigenvalue weighted by Crippen LogP contribution is 2.26. The van der Waals surface area contributed by atoms with Crippen molar-refractivity contribution in [3.8, 4) is 0 Å². The van der Waals surface area contributed by atoms with Gasteiger partial charge in [-0.1, -0.05) is 29.3 Å². The van der Waals surface area contributed by atoms with Crippen LogP contribution in [0.5, 0.6) is 0 Å². The summed E-state index contributed by atoms with van der Waals surface area (Å²) in [5.41, 5.74) is 4.34. The van der Waals surface area contributed by atoms with Crippen molar-refractivity contribution >= 4 is 23.2 Å². The van der Waals surface area contributed by atoms with Gasteiger partial charge in [0, 0.05) is 18.7 Å². The van der Waals surface area contributed by atoms with Crippen LogP contribution in [0, 0.1) is 13.8 Å². The van der Waals surface area contributed by atoms with Gasteiger partial charge in [0.2, 0.25) is 5.91 Å². The monoisotopic (exact) mass is 323 g/mol. The molecule has 0 spiro atoms. The molecule has 2 amide bonds. The van der Waals surface area contributed by atoms with Crippen LogP contribution in [0.4, 0.5) is 11.4 Å². The highest BCUT2D eigenvalue weighted by atomic mass is 16.2. The van der Waals surface area contributed by atoms with Crippen LogP contribution in [0.3, 0.4) is 0 Å². The van der Waals surface area contributed by atoms with Gasteiger partial charge in [0.05, 0.1) is 17.9 Å². The first-order valence-corrected chi connectivity index (χ1v) is 8.03. The molecule has 0 unspecified atom stereocenters. The van der Waals surface area contributed by atoms with Crippen molar-refractivity contribution in [2.75, 3.05) is 29.9 Å². The predicted octanol–water partition coefficient (Wildman–Crippen LogP) is 2.49. The molecule has 1 heterocycles. The summed E-state index contributed by atoms with van der Waals surface area (Å²) in [6, 6.07) is 13.4. The highest BCUT2D eigenvalue weighted by molar-refractivity contribution is 6.06. The molecule has 3 rings (SSSR count). The Labute approximate surface area is 141 Å². The quantitative estimate of drug-likeness (QED) is 0.912. The lowest BCUT2D eigenvalue weighted by atomic mass is 10.1. The van der Waals surface area contributed by atoms with E-state index in [1.165, 1.54) is 0 Å². The molecule has 1 aliphatic heterocycles. The molecule has 5 heteroatoms. The van der Waals surface area contributed by atoms with Crippen molar-refractivity contribution in [3.63, 3.8) is 0 Å². The van der Waals surface area contributed by atoms with Gasteiger partial charge in [-0.05, 0) is 38.1 Å². The van der Waals surface area contributed by atoms with E-state index in [9.17, 15) is 9.59 Å². The van der Waals surface area contributed by atoms with E-state index in [1.807, 2.05) is 61.2 Å². The second kappa shape index (κ2) is 6.74. The number of nitrogens with one attached hydrogen (secondary N) is 2. The number of hydrogen-bond acceptors (Lipinski definition) is 3. The lowest BCUT2D eigenvalue weighted by Gasteiger charge is -2.30. The Hall–Kier alpha value is -2.82. The minimum Gasteiger partial charge on any atom is -0.359 e. The zero-order chi connectivity index (χ0) is 17.1. The van der Waals surface area contributed by atoms with E-state index < -0.39 is 0 Å². The lowest BCUT2D eigenvalue weighted by molar-refractivity contribution is -0.120. The average Bonchev–Trinajstić information content (AvgIpc) is 2.54. The van der Waals surface area contributed by atoms with Crippen LogP contribution < -0.4 is 15.5 Å². The van der Waals surface area contributed by atoms with Crippen molar-refractivity contribution in [1.82, 2.24) is 5.32 Å². The van der Waals surface area contributed by atoms with Crippen molar-refractivity contribution in [3.05, 3.63) is 59.2 Å². The predicted molar refractivity (Wildman–Crippen MR) is 95.5 cm³/mol. The summed E-state index contributed by atoms with van der Waals surface area (Å²) in [6.07, 6.45) is 0. The van der Waals surface area contributed by atoms with Gasteiger partial charge in [-0.2, -0.15) is 0 Å². The number of aryl methyl sites for hydroxylation is 2. The molecule has 1 saturated heterocycles. The minimum atomic E-state index is -0.143. The number of anilines is 2. The first-order chi connectivity index (χ1) is 11.5. The number of amides is 2.